The van der Waals surface area contributed by atoms with E-state index in [4.69, 9.17) is 9.47 Å². The predicted molar refractivity (Wildman–Crippen MR) is 113 cm³/mol. The number of rotatable bonds is 10. The number of aromatic nitrogens is 1. The van der Waals surface area contributed by atoms with Crippen molar-refractivity contribution in [3.8, 4) is 11.5 Å². The van der Waals surface area contributed by atoms with Crippen LogP contribution < -0.4 is 9.47 Å². The molecule has 29 heavy (non-hydrogen) atoms. The van der Waals surface area contributed by atoms with Crippen LogP contribution in [0.15, 0.2) is 29.8 Å². The summed E-state index contributed by atoms with van der Waals surface area (Å²) in [6.07, 6.45) is 2.57. The largest absolute Gasteiger partial charge is 0.497 e. The molecule has 1 aliphatic rings. The number of thiazole rings is 1. The Morgan fingerprint density at radius 3 is 2.79 bits per heavy atom. The average Bonchev–Trinajstić information content (AvgIpc) is 3.21. The van der Waals surface area contributed by atoms with E-state index in [2.05, 4.69) is 14.8 Å². The first-order chi connectivity index (χ1) is 14.0. The summed E-state index contributed by atoms with van der Waals surface area (Å²) in [7, 11) is 3.70. The van der Waals surface area contributed by atoms with Crippen molar-refractivity contribution in [3.05, 3.63) is 40.3 Å². The second-order valence-electron chi connectivity index (χ2n) is 7.57. The lowest BCUT2D eigenvalue weighted by atomic mass is 10.1. The monoisotopic (exact) mass is 421 g/mol. The van der Waals surface area contributed by atoms with E-state index in [0.717, 1.165) is 54.5 Å². The van der Waals surface area contributed by atoms with Crippen molar-refractivity contribution in [2.24, 2.45) is 0 Å². The third-order valence-corrected chi connectivity index (χ3v) is 5.82. The first-order valence-corrected chi connectivity index (χ1v) is 10.9. The summed E-state index contributed by atoms with van der Waals surface area (Å²) in [5, 5.41) is 23.1. The molecular weight excluding hydrogens is 390 g/mol. The van der Waals surface area contributed by atoms with Crippen LogP contribution in [0, 0.1) is 0 Å². The van der Waals surface area contributed by atoms with E-state index >= 15 is 0 Å². The van der Waals surface area contributed by atoms with Crippen LogP contribution in [0.3, 0.4) is 0 Å². The molecule has 1 fully saturated rings. The molecule has 1 saturated heterocycles. The fourth-order valence-corrected chi connectivity index (χ4v) is 4.19. The maximum atomic E-state index is 10.4. The lowest BCUT2D eigenvalue weighted by molar-refractivity contribution is 0.0335. The number of β-amino-alcohol motifs (C(OH)–C–C–N with tert-alkyl or cyclic N) is 1. The second kappa shape index (κ2) is 10.9. The first-order valence-electron chi connectivity index (χ1n) is 9.98. The molecule has 3 rings (SSSR count). The van der Waals surface area contributed by atoms with Crippen LogP contribution >= 0.6 is 11.3 Å². The van der Waals surface area contributed by atoms with Crippen molar-refractivity contribution in [2.45, 2.75) is 38.1 Å². The van der Waals surface area contributed by atoms with Crippen molar-refractivity contribution in [3.63, 3.8) is 0 Å². The lowest BCUT2D eigenvalue weighted by Gasteiger charge is -2.31. The number of hydrogen-bond acceptors (Lipinski definition) is 8. The van der Waals surface area contributed by atoms with Gasteiger partial charge in [-0.3, -0.25) is 4.90 Å². The molecular formula is C21H31N3O4S. The molecule has 0 saturated carbocycles. The van der Waals surface area contributed by atoms with Gasteiger partial charge in [0.2, 0.25) is 0 Å². The molecule has 1 unspecified atom stereocenters. The molecule has 0 aliphatic carbocycles. The maximum absolute atomic E-state index is 10.4. The SMILES string of the molecule is COc1ccc(OCC(O)CN2CCC(O)CC2)c(CN(C)Cc2nccs2)c1. The molecule has 0 bridgehead atoms. The Bertz CT molecular complexity index is 736. The molecule has 160 valence electrons. The molecule has 2 heterocycles. The smallest absolute Gasteiger partial charge is 0.124 e. The first kappa shape index (κ1) is 22.0. The minimum Gasteiger partial charge on any atom is -0.497 e. The number of benzene rings is 1. The quantitative estimate of drug-likeness (QED) is 0.607. The molecule has 7 nitrogen and oxygen atoms in total. The van der Waals surface area contributed by atoms with E-state index in [9.17, 15) is 10.2 Å². The Morgan fingerprint density at radius 2 is 2.10 bits per heavy atom. The topological polar surface area (TPSA) is 78.3 Å². The minimum absolute atomic E-state index is 0.206. The molecule has 2 N–H and O–H groups in total. The molecule has 0 radical (unpaired) electrons. The molecule has 1 aliphatic heterocycles. The highest BCUT2D eigenvalue weighted by Crippen LogP contribution is 2.26. The highest BCUT2D eigenvalue weighted by atomic mass is 32.1. The number of methoxy groups -OCH3 is 1. The standard InChI is InChI=1S/C21H31N3O4S/c1-23(14-21-22-7-10-29-21)12-16-11-19(27-2)3-4-20(16)28-15-18(26)13-24-8-5-17(25)6-9-24/h3-4,7,10-11,17-18,25-26H,5-6,8-9,12-15H2,1-2H3. The summed E-state index contributed by atoms with van der Waals surface area (Å²) in [6, 6.07) is 5.75. The maximum Gasteiger partial charge on any atom is 0.124 e. The Morgan fingerprint density at radius 1 is 1.31 bits per heavy atom. The van der Waals surface area contributed by atoms with Crippen molar-refractivity contribution in [1.82, 2.24) is 14.8 Å². The number of nitrogens with zero attached hydrogens (tertiary/aromatic N) is 3. The van der Waals surface area contributed by atoms with Gasteiger partial charge in [0, 0.05) is 43.3 Å². The van der Waals surface area contributed by atoms with Gasteiger partial charge in [0.1, 0.15) is 29.2 Å². The van der Waals surface area contributed by atoms with Crippen LogP contribution in [0.1, 0.15) is 23.4 Å². The summed E-state index contributed by atoms with van der Waals surface area (Å²) in [5.74, 6) is 1.53. The molecule has 1 atom stereocenters. The van der Waals surface area contributed by atoms with Crippen molar-refractivity contribution >= 4 is 11.3 Å². The molecule has 2 aromatic rings. The number of likely N-dealkylation sites (tertiary alicyclic amines) is 1. The van der Waals surface area contributed by atoms with Crippen molar-refractivity contribution in [1.29, 1.82) is 0 Å². The number of hydrogen-bond donors (Lipinski definition) is 2. The van der Waals surface area contributed by atoms with E-state index in [0.29, 0.717) is 13.1 Å². The van der Waals surface area contributed by atoms with Crippen LogP contribution in [-0.4, -0.2) is 77.6 Å². The number of piperidine rings is 1. The van der Waals surface area contributed by atoms with Gasteiger partial charge < -0.3 is 24.6 Å². The fourth-order valence-electron chi connectivity index (χ4n) is 3.49. The third-order valence-electron chi connectivity index (χ3n) is 5.05. The van der Waals surface area contributed by atoms with E-state index in [-0.39, 0.29) is 12.7 Å². The average molecular weight is 422 g/mol. The zero-order valence-electron chi connectivity index (χ0n) is 17.2. The molecule has 1 aromatic carbocycles. The molecule has 0 amide bonds. The van der Waals surface area contributed by atoms with Gasteiger partial charge in [-0.05, 0) is 38.1 Å². The van der Waals surface area contributed by atoms with Gasteiger partial charge in [0.25, 0.3) is 0 Å². The van der Waals surface area contributed by atoms with E-state index in [1.165, 1.54) is 0 Å². The van der Waals surface area contributed by atoms with Crippen LogP contribution in [-0.2, 0) is 13.1 Å². The van der Waals surface area contributed by atoms with Crippen LogP contribution in [0.4, 0.5) is 0 Å². The van der Waals surface area contributed by atoms with Gasteiger partial charge in [-0.15, -0.1) is 11.3 Å². The molecule has 1 aromatic heterocycles. The van der Waals surface area contributed by atoms with Gasteiger partial charge >= 0.3 is 0 Å². The predicted octanol–water partition coefficient (Wildman–Crippen LogP) is 1.98. The van der Waals surface area contributed by atoms with E-state index in [1.807, 2.05) is 36.8 Å². The second-order valence-corrected chi connectivity index (χ2v) is 8.55. The lowest BCUT2D eigenvalue weighted by Crippen LogP contribution is -2.41. The summed E-state index contributed by atoms with van der Waals surface area (Å²) in [6.45, 7) is 3.86. The van der Waals surface area contributed by atoms with Crippen LogP contribution in [0.25, 0.3) is 0 Å². The van der Waals surface area contributed by atoms with Crippen LogP contribution in [0.2, 0.25) is 0 Å². The summed E-state index contributed by atoms with van der Waals surface area (Å²) in [5.41, 5.74) is 1.01. The fraction of sp³-hybridized carbons (Fsp3) is 0.571. The Kier molecular flexibility index (Phi) is 8.26. The van der Waals surface area contributed by atoms with E-state index in [1.54, 1.807) is 18.4 Å². The highest BCUT2D eigenvalue weighted by Gasteiger charge is 2.20. The minimum atomic E-state index is -0.576. The number of aliphatic hydroxyl groups excluding tert-OH is 2. The molecule has 8 heteroatoms. The van der Waals surface area contributed by atoms with Gasteiger partial charge in [-0.1, -0.05) is 0 Å². The molecule has 0 spiro atoms. The van der Waals surface area contributed by atoms with Gasteiger partial charge in [-0.2, -0.15) is 0 Å². The summed E-state index contributed by atoms with van der Waals surface area (Å²) in [4.78, 5) is 8.70. The van der Waals surface area contributed by atoms with Gasteiger partial charge in [0.15, 0.2) is 0 Å². The Hall–Kier alpha value is -1.71. The zero-order chi connectivity index (χ0) is 20.6. The Balaban J connectivity index is 1.56. The third kappa shape index (κ3) is 6.94. The summed E-state index contributed by atoms with van der Waals surface area (Å²) >= 11 is 1.64. The normalized spacial score (nSPS) is 16.9. The number of ether oxygens (including phenoxy) is 2. The number of aliphatic hydroxyl groups is 2. The zero-order valence-corrected chi connectivity index (χ0v) is 18.0. The Labute approximate surface area is 176 Å². The van der Waals surface area contributed by atoms with E-state index < -0.39 is 6.10 Å². The summed E-state index contributed by atoms with van der Waals surface area (Å²) < 4.78 is 11.3. The van der Waals surface area contributed by atoms with Gasteiger partial charge in [-0.25, -0.2) is 4.98 Å². The van der Waals surface area contributed by atoms with Crippen LogP contribution in [0.5, 0.6) is 11.5 Å². The van der Waals surface area contributed by atoms with Crippen molar-refractivity contribution in [2.75, 3.05) is 40.4 Å². The van der Waals surface area contributed by atoms with Crippen molar-refractivity contribution < 1.29 is 19.7 Å². The van der Waals surface area contributed by atoms with Gasteiger partial charge in [0.05, 0.1) is 19.8 Å². The highest BCUT2D eigenvalue weighted by molar-refractivity contribution is 7.09.